The van der Waals surface area contributed by atoms with Gasteiger partial charge in [-0.15, -0.1) is 0 Å². The maximum Gasteiger partial charge on any atom is 0.248 e. The number of rotatable bonds is 1. The van der Waals surface area contributed by atoms with Gasteiger partial charge in [0.25, 0.3) is 0 Å². The summed E-state index contributed by atoms with van der Waals surface area (Å²) >= 11 is 0. The van der Waals surface area contributed by atoms with Crippen molar-refractivity contribution in [3.63, 3.8) is 0 Å². The van der Waals surface area contributed by atoms with Crippen molar-refractivity contribution in [1.29, 1.82) is 0 Å². The van der Waals surface area contributed by atoms with Crippen LogP contribution in [0.1, 0.15) is 13.0 Å². The molecule has 0 spiro atoms. The zero-order chi connectivity index (χ0) is 12.7. The smallest absolute Gasteiger partial charge is 0.248 e. The molecule has 98 valence electrons. The van der Waals surface area contributed by atoms with Gasteiger partial charge in [-0.1, -0.05) is 7.43 Å². The van der Waals surface area contributed by atoms with E-state index < -0.39 is 11.8 Å². The summed E-state index contributed by atoms with van der Waals surface area (Å²) in [5.74, 6) is -2.29. The molecule has 0 bridgehead atoms. The first-order valence-electron chi connectivity index (χ1n) is 4.69. The molecule has 3 nitrogen and oxygen atoms in total. The Morgan fingerprint density at radius 2 is 1.89 bits per heavy atom. The summed E-state index contributed by atoms with van der Waals surface area (Å²) in [5, 5.41) is 0. The average Bonchev–Trinajstić information content (AvgIpc) is 2.34. The van der Waals surface area contributed by atoms with Crippen LogP contribution in [0.2, 0.25) is 0 Å². The Balaban J connectivity index is 0.000000306. The van der Waals surface area contributed by atoms with Gasteiger partial charge in [0.1, 0.15) is 5.82 Å². The quantitative estimate of drug-likeness (QED) is 0.799. The summed E-state index contributed by atoms with van der Waals surface area (Å²) in [4.78, 5) is 6.64. The number of pyridine rings is 2. The monoisotopic (exact) mass is 257 g/mol. The van der Waals surface area contributed by atoms with E-state index >= 15 is 0 Å². The Bertz CT molecular complexity index is 457. The number of halogens is 3. The Morgan fingerprint density at radius 1 is 1.17 bits per heavy atom. The van der Waals surface area contributed by atoms with E-state index in [1.54, 1.807) is 6.20 Å². The van der Waals surface area contributed by atoms with E-state index in [2.05, 4.69) is 9.97 Å². The highest BCUT2D eigenvalue weighted by Crippen LogP contribution is 1.98. The molecule has 0 saturated carbocycles. The zero-order valence-corrected chi connectivity index (χ0v) is 8.78. The van der Waals surface area contributed by atoms with Gasteiger partial charge < -0.3 is 5.73 Å². The molecule has 2 rings (SSSR count). The third kappa shape index (κ3) is 5.40. The highest BCUT2D eigenvalue weighted by molar-refractivity contribution is 5.08. The molecular weight excluding hydrogens is 243 g/mol. The molecule has 0 amide bonds. The summed E-state index contributed by atoms with van der Waals surface area (Å²) < 4.78 is 35.9. The minimum atomic E-state index is -1.05. The molecule has 0 fully saturated rings. The molecule has 2 heterocycles. The second-order valence-electron chi connectivity index (χ2n) is 2.99. The van der Waals surface area contributed by atoms with Crippen LogP contribution in [0.4, 0.5) is 13.2 Å². The number of nitrogens with zero attached hydrogens (tertiary/aromatic N) is 2. The van der Waals surface area contributed by atoms with Gasteiger partial charge in [-0.05, 0) is 23.8 Å². The van der Waals surface area contributed by atoms with E-state index in [0.29, 0.717) is 6.54 Å². The van der Waals surface area contributed by atoms with Crippen LogP contribution in [0.25, 0.3) is 0 Å². The SMILES string of the molecule is C.Fc1cccnc1F.NCc1cncc(F)c1. The van der Waals surface area contributed by atoms with Crippen molar-refractivity contribution in [2.24, 2.45) is 5.73 Å². The Kier molecular flexibility index (Phi) is 7.30. The van der Waals surface area contributed by atoms with Crippen molar-refractivity contribution in [3.05, 3.63) is 59.9 Å². The highest BCUT2D eigenvalue weighted by atomic mass is 19.2. The van der Waals surface area contributed by atoms with Crippen LogP contribution < -0.4 is 5.73 Å². The fraction of sp³-hybridized carbons (Fsp3) is 0.167. The molecule has 0 aromatic carbocycles. The van der Waals surface area contributed by atoms with Crippen LogP contribution in [-0.4, -0.2) is 9.97 Å². The Labute approximate surface area is 104 Å². The summed E-state index contributed by atoms with van der Waals surface area (Å²) in [5.41, 5.74) is 5.93. The molecule has 6 heteroatoms. The lowest BCUT2D eigenvalue weighted by Crippen LogP contribution is -1.96. The molecule has 0 aliphatic rings. The molecule has 0 unspecified atom stereocenters. The lowest BCUT2D eigenvalue weighted by atomic mass is 10.3. The molecule has 2 aromatic rings. The first-order valence-corrected chi connectivity index (χ1v) is 4.69. The number of aromatic nitrogens is 2. The van der Waals surface area contributed by atoms with Crippen LogP contribution >= 0.6 is 0 Å². The van der Waals surface area contributed by atoms with Crippen molar-refractivity contribution in [1.82, 2.24) is 9.97 Å². The van der Waals surface area contributed by atoms with E-state index in [-0.39, 0.29) is 13.2 Å². The molecule has 0 saturated heterocycles. The van der Waals surface area contributed by atoms with Crippen LogP contribution in [0, 0.1) is 17.6 Å². The van der Waals surface area contributed by atoms with E-state index in [1.165, 1.54) is 18.3 Å². The largest absolute Gasteiger partial charge is 0.326 e. The van der Waals surface area contributed by atoms with E-state index in [9.17, 15) is 13.2 Å². The van der Waals surface area contributed by atoms with Crippen molar-refractivity contribution in [2.45, 2.75) is 14.0 Å². The lowest BCUT2D eigenvalue weighted by molar-refractivity contribution is 0.479. The highest BCUT2D eigenvalue weighted by Gasteiger charge is 1.95. The minimum Gasteiger partial charge on any atom is -0.326 e. The Hall–Kier alpha value is -1.95. The van der Waals surface area contributed by atoms with Crippen LogP contribution in [0.15, 0.2) is 36.8 Å². The van der Waals surface area contributed by atoms with E-state index in [0.717, 1.165) is 17.8 Å². The maximum atomic E-state index is 12.2. The van der Waals surface area contributed by atoms with Crippen molar-refractivity contribution < 1.29 is 13.2 Å². The Morgan fingerprint density at radius 3 is 2.28 bits per heavy atom. The van der Waals surface area contributed by atoms with Gasteiger partial charge in [0, 0.05) is 18.9 Å². The van der Waals surface area contributed by atoms with Crippen LogP contribution in [-0.2, 0) is 6.54 Å². The molecule has 0 atom stereocenters. The number of hydrogen-bond acceptors (Lipinski definition) is 3. The number of hydrogen-bond donors (Lipinski definition) is 1. The lowest BCUT2D eigenvalue weighted by Gasteiger charge is -1.92. The van der Waals surface area contributed by atoms with Crippen molar-refractivity contribution in [2.75, 3.05) is 0 Å². The second kappa shape index (κ2) is 8.19. The topological polar surface area (TPSA) is 51.8 Å². The first kappa shape index (κ1) is 16.1. The fourth-order valence-corrected chi connectivity index (χ4v) is 0.934. The van der Waals surface area contributed by atoms with Crippen LogP contribution in [0.3, 0.4) is 0 Å². The summed E-state index contributed by atoms with van der Waals surface area (Å²) in [6.45, 7) is 0.338. The summed E-state index contributed by atoms with van der Waals surface area (Å²) in [6.07, 6.45) is 3.89. The fourth-order valence-electron chi connectivity index (χ4n) is 0.934. The van der Waals surface area contributed by atoms with Crippen molar-refractivity contribution >= 4 is 0 Å². The first-order chi connectivity index (χ1) is 8.13. The average molecular weight is 257 g/mol. The molecule has 0 aliphatic heterocycles. The summed E-state index contributed by atoms with van der Waals surface area (Å²) in [7, 11) is 0. The van der Waals surface area contributed by atoms with Crippen molar-refractivity contribution in [3.8, 4) is 0 Å². The molecule has 2 N–H and O–H groups in total. The van der Waals surface area contributed by atoms with Gasteiger partial charge in [0.2, 0.25) is 5.95 Å². The zero-order valence-electron chi connectivity index (χ0n) is 8.78. The molecule has 0 aliphatic carbocycles. The number of nitrogens with two attached hydrogens (primary N) is 1. The predicted molar refractivity (Wildman–Crippen MR) is 63.0 cm³/mol. The molecule has 18 heavy (non-hydrogen) atoms. The van der Waals surface area contributed by atoms with Gasteiger partial charge in [0.05, 0.1) is 6.20 Å². The van der Waals surface area contributed by atoms with Gasteiger partial charge in [-0.2, -0.15) is 4.39 Å². The van der Waals surface area contributed by atoms with E-state index in [1.807, 2.05) is 0 Å². The van der Waals surface area contributed by atoms with Gasteiger partial charge in [-0.3, -0.25) is 4.98 Å². The van der Waals surface area contributed by atoms with Gasteiger partial charge in [0.15, 0.2) is 5.82 Å². The van der Waals surface area contributed by atoms with E-state index in [4.69, 9.17) is 5.73 Å². The molecule has 0 radical (unpaired) electrons. The predicted octanol–water partition coefficient (Wildman–Crippen LogP) is 2.68. The molecular formula is C12H14F3N3. The standard InChI is InChI=1S/C6H7FN2.C5H3F2N.CH4/c7-6-1-5(2-8)3-9-4-6;6-4-2-1-3-8-5(4)7;/h1,3-4H,2,8H2;1-3H;1H4. The summed E-state index contributed by atoms with van der Waals surface area (Å²) in [6, 6.07) is 3.72. The second-order valence-corrected chi connectivity index (χ2v) is 2.99. The third-order valence-corrected chi connectivity index (χ3v) is 1.71. The van der Waals surface area contributed by atoms with Crippen LogP contribution in [0.5, 0.6) is 0 Å². The minimum absolute atomic E-state index is 0. The third-order valence-electron chi connectivity index (χ3n) is 1.71. The maximum absolute atomic E-state index is 12.2. The normalized spacial score (nSPS) is 8.89. The van der Waals surface area contributed by atoms with Gasteiger partial charge in [-0.25, -0.2) is 13.8 Å². The van der Waals surface area contributed by atoms with Gasteiger partial charge >= 0.3 is 0 Å². The molecule has 2 aromatic heterocycles.